The van der Waals surface area contributed by atoms with Gasteiger partial charge in [0.15, 0.2) is 0 Å². The van der Waals surface area contributed by atoms with Gasteiger partial charge in [0.1, 0.15) is 18.0 Å². The van der Waals surface area contributed by atoms with Crippen LogP contribution in [0.3, 0.4) is 0 Å². The van der Waals surface area contributed by atoms with Crippen molar-refractivity contribution < 1.29 is 23.8 Å². The van der Waals surface area contributed by atoms with Crippen molar-refractivity contribution in [2.24, 2.45) is 5.41 Å². The van der Waals surface area contributed by atoms with Crippen LogP contribution in [0.2, 0.25) is 0 Å². The first-order chi connectivity index (χ1) is 15.2. The molecular formula is C26H33NO5. The van der Waals surface area contributed by atoms with E-state index in [1.54, 1.807) is 14.0 Å². The highest BCUT2D eigenvalue weighted by Gasteiger charge is 2.26. The lowest BCUT2D eigenvalue weighted by atomic mass is 9.79. The summed E-state index contributed by atoms with van der Waals surface area (Å²) in [6, 6.07) is 11.9. The minimum atomic E-state index is -0.539. The number of nitrogens with one attached hydrogen (secondary N) is 1. The molecule has 0 amide bonds. The number of anilines is 1. The smallest absolute Gasteiger partial charge is 0.325 e. The lowest BCUT2D eigenvalue weighted by molar-refractivity contribution is -0.143. The number of aryl methyl sites for hydroxylation is 1. The maximum absolute atomic E-state index is 12.2. The summed E-state index contributed by atoms with van der Waals surface area (Å²) < 4.78 is 16.0. The molecule has 172 valence electrons. The number of carbonyl (C=O) groups is 2. The van der Waals surface area contributed by atoms with Gasteiger partial charge in [-0.15, -0.1) is 0 Å². The molecule has 0 aliphatic heterocycles. The normalized spacial score (nSPS) is 15.5. The van der Waals surface area contributed by atoms with Gasteiger partial charge in [-0.1, -0.05) is 12.1 Å². The zero-order valence-electron chi connectivity index (χ0n) is 19.6. The van der Waals surface area contributed by atoms with Gasteiger partial charge in [-0.25, -0.2) is 0 Å². The number of hydrogen-bond acceptors (Lipinski definition) is 6. The Morgan fingerprint density at radius 1 is 1.06 bits per heavy atom. The summed E-state index contributed by atoms with van der Waals surface area (Å²) >= 11 is 0. The van der Waals surface area contributed by atoms with E-state index in [1.807, 2.05) is 45.0 Å². The molecule has 0 bridgehead atoms. The number of esters is 2. The Hall–Kier alpha value is -3.02. The Kier molecular flexibility index (Phi) is 7.44. The van der Waals surface area contributed by atoms with E-state index in [0.29, 0.717) is 18.3 Å². The third-order valence-electron chi connectivity index (χ3n) is 5.66. The molecule has 0 radical (unpaired) electrons. The Balaban J connectivity index is 1.77. The van der Waals surface area contributed by atoms with Gasteiger partial charge >= 0.3 is 11.9 Å². The summed E-state index contributed by atoms with van der Waals surface area (Å²) in [5.41, 5.74) is 3.98. The molecule has 0 heterocycles. The van der Waals surface area contributed by atoms with Crippen molar-refractivity contribution in [1.29, 1.82) is 0 Å². The van der Waals surface area contributed by atoms with Gasteiger partial charge < -0.3 is 19.5 Å². The van der Waals surface area contributed by atoms with Gasteiger partial charge in [0.05, 0.1) is 19.1 Å². The third-order valence-corrected chi connectivity index (χ3v) is 5.66. The molecule has 1 atom stereocenters. The van der Waals surface area contributed by atoms with Crippen LogP contribution in [0, 0.1) is 5.41 Å². The second kappa shape index (κ2) is 10.1. The fourth-order valence-electron chi connectivity index (χ4n) is 3.87. The van der Waals surface area contributed by atoms with Crippen LogP contribution in [-0.4, -0.2) is 32.2 Å². The molecule has 0 saturated heterocycles. The van der Waals surface area contributed by atoms with Gasteiger partial charge in [-0.05, 0) is 87.8 Å². The van der Waals surface area contributed by atoms with E-state index in [1.165, 1.54) is 11.1 Å². The zero-order valence-corrected chi connectivity index (χ0v) is 19.6. The molecular weight excluding hydrogens is 406 g/mol. The fraction of sp³-hybridized carbons (Fsp3) is 0.462. The highest BCUT2D eigenvalue weighted by molar-refractivity contribution is 5.78. The van der Waals surface area contributed by atoms with Gasteiger partial charge in [-0.2, -0.15) is 0 Å². The number of hydrogen-bond donors (Lipinski definition) is 1. The molecule has 2 aromatic rings. The molecule has 2 aromatic carbocycles. The number of rotatable bonds is 7. The molecule has 1 aliphatic rings. The number of fused-ring (bicyclic) bond motifs is 1. The van der Waals surface area contributed by atoms with Gasteiger partial charge in [0.25, 0.3) is 0 Å². The summed E-state index contributed by atoms with van der Waals surface area (Å²) in [4.78, 5) is 24.0. The van der Waals surface area contributed by atoms with Gasteiger partial charge in [0.2, 0.25) is 0 Å². The number of ether oxygens (including phenoxy) is 3. The largest absolute Gasteiger partial charge is 0.497 e. The number of carbonyl (C=O) groups excluding carboxylic acids is 2. The van der Waals surface area contributed by atoms with Gasteiger partial charge in [0, 0.05) is 11.8 Å². The van der Waals surface area contributed by atoms with Crippen molar-refractivity contribution in [3.8, 4) is 11.5 Å². The van der Waals surface area contributed by atoms with Crippen molar-refractivity contribution in [3.05, 3.63) is 53.1 Å². The monoisotopic (exact) mass is 439 g/mol. The average Bonchev–Trinajstić information content (AvgIpc) is 2.76. The van der Waals surface area contributed by atoms with Crippen LogP contribution in [0.5, 0.6) is 11.5 Å². The Labute approximate surface area is 190 Å². The molecule has 0 fully saturated rings. The molecule has 32 heavy (non-hydrogen) atoms. The molecule has 3 rings (SSSR count). The molecule has 6 heteroatoms. The summed E-state index contributed by atoms with van der Waals surface area (Å²) in [5.74, 6) is 1.13. The second-order valence-corrected chi connectivity index (χ2v) is 9.12. The number of benzene rings is 2. The zero-order chi connectivity index (χ0) is 23.3. The van der Waals surface area contributed by atoms with Crippen LogP contribution in [-0.2, 0) is 27.2 Å². The second-order valence-electron chi connectivity index (χ2n) is 9.12. The molecule has 0 aromatic heterocycles. The minimum Gasteiger partial charge on any atom is -0.497 e. The van der Waals surface area contributed by atoms with Crippen LogP contribution in [0.25, 0.3) is 0 Å². The van der Waals surface area contributed by atoms with Crippen molar-refractivity contribution >= 4 is 17.6 Å². The first-order valence-corrected chi connectivity index (χ1v) is 11.1. The molecule has 0 unspecified atom stereocenters. The first-order valence-electron chi connectivity index (χ1n) is 11.1. The van der Waals surface area contributed by atoms with Gasteiger partial charge in [-0.3, -0.25) is 9.59 Å². The molecule has 1 aliphatic carbocycles. The van der Waals surface area contributed by atoms with Crippen LogP contribution in [0.4, 0.5) is 5.69 Å². The summed E-state index contributed by atoms with van der Waals surface area (Å²) in [5, 5.41) is 3.23. The number of methoxy groups -OCH3 is 1. The van der Waals surface area contributed by atoms with Crippen LogP contribution in [0.1, 0.15) is 56.7 Å². The molecule has 1 N–H and O–H groups in total. The van der Waals surface area contributed by atoms with E-state index in [0.717, 1.165) is 36.3 Å². The van der Waals surface area contributed by atoms with E-state index in [-0.39, 0.29) is 18.5 Å². The highest BCUT2D eigenvalue weighted by atomic mass is 16.5. The van der Waals surface area contributed by atoms with Crippen LogP contribution < -0.4 is 14.8 Å². The van der Waals surface area contributed by atoms with Crippen LogP contribution in [0.15, 0.2) is 36.4 Å². The lowest BCUT2D eigenvalue weighted by Gasteiger charge is -2.27. The van der Waals surface area contributed by atoms with E-state index < -0.39 is 5.41 Å². The van der Waals surface area contributed by atoms with Crippen molar-refractivity contribution in [1.82, 2.24) is 0 Å². The Morgan fingerprint density at radius 3 is 2.50 bits per heavy atom. The predicted molar refractivity (Wildman–Crippen MR) is 124 cm³/mol. The highest BCUT2D eigenvalue weighted by Crippen LogP contribution is 2.38. The Bertz CT molecular complexity index is 977. The Morgan fingerprint density at radius 2 is 1.81 bits per heavy atom. The lowest BCUT2D eigenvalue weighted by Crippen LogP contribution is -2.25. The molecule has 0 saturated carbocycles. The molecule has 6 nitrogen and oxygen atoms in total. The van der Waals surface area contributed by atoms with E-state index >= 15 is 0 Å². The average molecular weight is 440 g/mol. The molecule has 0 spiro atoms. The standard InChI is InChI=1S/C26H33NO5/c1-6-31-24(28)16-27-23-15-20(30-5)11-12-22(23)19-8-7-18-14-21(10-9-17(18)13-19)32-25(29)26(2,3)4/h9-12,14-15,19,27H,6-8,13,16H2,1-5H3/t19-/m1/s1. The third kappa shape index (κ3) is 5.81. The van der Waals surface area contributed by atoms with Crippen molar-refractivity contribution in [3.63, 3.8) is 0 Å². The predicted octanol–water partition coefficient (Wildman–Crippen LogP) is 4.89. The summed E-state index contributed by atoms with van der Waals surface area (Å²) in [7, 11) is 1.63. The van der Waals surface area contributed by atoms with Crippen molar-refractivity contribution in [2.75, 3.05) is 25.6 Å². The van der Waals surface area contributed by atoms with E-state index in [9.17, 15) is 9.59 Å². The van der Waals surface area contributed by atoms with E-state index in [2.05, 4.69) is 17.4 Å². The SMILES string of the molecule is CCOC(=O)CNc1cc(OC)ccc1[C@@H]1CCc2cc(OC(=O)C(C)(C)C)ccc2C1. The summed E-state index contributed by atoms with van der Waals surface area (Å²) in [6.45, 7) is 7.81. The van der Waals surface area contributed by atoms with Crippen molar-refractivity contribution in [2.45, 2.75) is 52.9 Å². The topological polar surface area (TPSA) is 73.9 Å². The first kappa shape index (κ1) is 23.6. The summed E-state index contributed by atoms with van der Waals surface area (Å²) in [6.07, 6.45) is 2.73. The minimum absolute atomic E-state index is 0.111. The van der Waals surface area contributed by atoms with Crippen LogP contribution >= 0.6 is 0 Å². The van der Waals surface area contributed by atoms with E-state index in [4.69, 9.17) is 14.2 Å². The quantitative estimate of drug-likeness (QED) is 0.489. The fourth-order valence-corrected chi connectivity index (χ4v) is 3.87. The maximum Gasteiger partial charge on any atom is 0.325 e. The maximum atomic E-state index is 12.2.